The Balaban J connectivity index is 0.00000338. The van der Waals surface area contributed by atoms with Gasteiger partial charge < -0.3 is 0 Å². The molecule has 0 saturated heterocycles. The van der Waals surface area contributed by atoms with Crippen LogP contribution >= 0.6 is 0 Å². The Labute approximate surface area is 148 Å². The first-order chi connectivity index (χ1) is 11.3. The molecular weight excluding hydrogens is 422 g/mol. The maximum Gasteiger partial charge on any atom is 0.298 e. The summed E-state index contributed by atoms with van der Waals surface area (Å²) in [5.41, 5.74) is -4.83. The zero-order valence-electron chi connectivity index (χ0n) is 11.7. The van der Waals surface area contributed by atoms with E-state index in [1.165, 1.54) is 0 Å². The molecule has 0 aromatic heterocycles. The zero-order chi connectivity index (χ0) is 19.4. The molecule has 3 radical (unpaired) electrons. The zero-order valence-corrected chi connectivity index (χ0v) is 13.6. The van der Waals surface area contributed by atoms with Crippen LogP contribution in [-0.4, -0.2) is 30.3 Å². The van der Waals surface area contributed by atoms with Crippen molar-refractivity contribution >= 4 is 27.5 Å². The van der Waals surface area contributed by atoms with Gasteiger partial charge in [0.15, 0.2) is 46.5 Å². The summed E-state index contributed by atoms with van der Waals surface area (Å²) in [6.45, 7) is 0. The molecule has 0 fully saturated rings. The van der Waals surface area contributed by atoms with E-state index in [2.05, 4.69) is 0 Å². The number of rotatable bonds is 2. The van der Waals surface area contributed by atoms with Crippen molar-refractivity contribution in [1.82, 2.24) is 0 Å². The van der Waals surface area contributed by atoms with E-state index >= 15 is 0 Å². The fraction of sp³-hybridized carbons (Fsp3) is 0. The van der Waals surface area contributed by atoms with Crippen LogP contribution in [0.2, 0.25) is 0 Å². The monoisotopic (exact) mass is 423 g/mol. The lowest BCUT2D eigenvalue weighted by molar-refractivity contribution is 0.376. The highest BCUT2D eigenvalue weighted by Gasteiger charge is 2.37. The molecule has 3 nitrogen and oxygen atoms in total. The van der Waals surface area contributed by atoms with Crippen molar-refractivity contribution < 1.29 is 52.5 Å². The van der Waals surface area contributed by atoms with Gasteiger partial charge in [-0.25, -0.2) is 39.5 Å². The largest absolute Gasteiger partial charge is 0.298 e. The highest BCUT2D eigenvalue weighted by Crippen LogP contribution is 2.39. The molecule has 0 spiro atoms. The van der Waals surface area contributed by atoms with Crippen molar-refractivity contribution in [3.63, 3.8) is 0 Å². The molecule has 0 bridgehead atoms. The molecule has 14 heteroatoms. The van der Waals surface area contributed by atoms with Gasteiger partial charge >= 0.3 is 0 Å². The standard InChI is InChI=1S/C12HF9O3S.Al/c13-3-1(4(14)7(17)9(19)6(3)16)2-5(15)8(18)10(20)11(21)12(2)25(22,23)24;/h(H,22,23,24);. The third-order valence-corrected chi connectivity index (χ3v) is 3.84. The SMILES string of the molecule is O=S(=O)(O)c1c(F)c(F)c(F)c(F)c1-c1c(F)c(F)c(F)c(F)c1F.[Al]. The van der Waals surface area contributed by atoms with Gasteiger partial charge in [0.2, 0.25) is 5.82 Å². The molecule has 0 amide bonds. The van der Waals surface area contributed by atoms with E-state index < -0.39 is 78.5 Å². The molecule has 1 N–H and O–H groups in total. The van der Waals surface area contributed by atoms with Gasteiger partial charge in [-0.15, -0.1) is 0 Å². The maximum atomic E-state index is 13.8. The van der Waals surface area contributed by atoms with E-state index in [-0.39, 0.29) is 17.4 Å². The number of benzene rings is 2. The van der Waals surface area contributed by atoms with Crippen LogP contribution in [-0.2, 0) is 10.1 Å². The van der Waals surface area contributed by atoms with Gasteiger partial charge in [0, 0.05) is 17.4 Å². The summed E-state index contributed by atoms with van der Waals surface area (Å²) in [7, 11) is -6.04. The molecule has 2 aromatic rings. The molecule has 139 valence electrons. The summed E-state index contributed by atoms with van der Waals surface area (Å²) in [6, 6.07) is 0. The summed E-state index contributed by atoms with van der Waals surface area (Å²) >= 11 is 0. The van der Waals surface area contributed by atoms with Crippen molar-refractivity contribution in [3.8, 4) is 11.1 Å². The average Bonchev–Trinajstić information content (AvgIpc) is 2.52. The van der Waals surface area contributed by atoms with E-state index in [0.717, 1.165) is 0 Å². The Morgan fingerprint density at radius 3 is 1.12 bits per heavy atom. The molecular formula is C12HAlF9O3S. The van der Waals surface area contributed by atoms with Gasteiger partial charge in [-0.2, -0.15) is 8.42 Å². The predicted octanol–water partition coefficient (Wildman–Crippen LogP) is 3.47. The number of hydrogen-bond acceptors (Lipinski definition) is 2. The third-order valence-electron chi connectivity index (χ3n) is 2.94. The Morgan fingerprint density at radius 2 is 0.769 bits per heavy atom. The molecule has 0 unspecified atom stereocenters. The molecule has 0 aliphatic carbocycles. The summed E-state index contributed by atoms with van der Waals surface area (Å²) < 4.78 is 151. The van der Waals surface area contributed by atoms with Crippen molar-refractivity contribution in [1.29, 1.82) is 0 Å². The third kappa shape index (κ3) is 3.18. The molecule has 26 heavy (non-hydrogen) atoms. The van der Waals surface area contributed by atoms with E-state index in [1.807, 2.05) is 0 Å². The summed E-state index contributed by atoms with van der Waals surface area (Å²) in [6.07, 6.45) is 0. The van der Waals surface area contributed by atoms with Gasteiger partial charge in [-0.3, -0.25) is 4.55 Å². The molecule has 0 atom stereocenters. The van der Waals surface area contributed by atoms with E-state index in [9.17, 15) is 47.9 Å². The Hall–Kier alpha value is -1.75. The topological polar surface area (TPSA) is 54.4 Å². The van der Waals surface area contributed by atoms with Crippen molar-refractivity contribution in [2.45, 2.75) is 4.90 Å². The minimum atomic E-state index is -6.04. The number of halogens is 9. The highest BCUT2D eigenvalue weighted by atomic mass is 32.2. The lowest BCUT2D eigenvalue weighted by Gasteiger charge is -2.14. The van der Waals surface area contributed by atoms with Gasteiger partial charge in [0.05, 0.1) is 11.1 Å². The van der Waals surface area contributed by atoms with Gasteiger partial charge in [-0.05, 0) is 0 Å². The minimum Gasteiger partial charge on any atom is -0.282 e. The van der Waals surface area contributed by atoms with Gasteiger partial charge in [0.1, 0.15) is 4.90 Å². The first-order valence-corrected chi connectivity index (χ1v) is 7.11. The van der Waals surface area contributed by atoms with E-state index in [0.29, 0.717) is 0 Å². The maximum absolute atomic E-state index is 13.8. The van der Waals surface area contributed by atoms with Crippen LogP contribution in [0.5, 0.6) is 0 Å². The molecule has 0 saturated carbocycles. The molecule has 0 aliphatic heterocycles. The van der Waals surface area contributed by atoms with Crippen molar-refractivity contribution in [2.24, 2.45) is 0 Å². The second kappa shape index (κ2) is 7.11. The first-order valence-electron chi connectivity index (χ1n) is 5.67. The Bertz CT molecular complexity index is 995. The van der Waals surface area contributed by atoms with Crippen LogP contribution in [0, 0.1) is 52.4 Å². The van der Waals surface area contributed by atoms with Crippen LogP contribution < -0.4 is 0 Å². The van der Waals surface area contributed by atoms with Gasteiger partial charge in [-0.1, -0.05) is 0 Å². The van der Waals surface area contributed by atoms with E-state index in [4.69, 9.17) is 4.55 Å². The van der Waals surface area contributed by atoms with Crippen LogP contribution in [0.3, 0.4) is 0 Å². The molecule has 2 aromatic carbocycles. The molecule has 0 aliphatic rings. The summed E-state index contributed by atoms with van der Waals surface area (Å²) in [5, 5.41) is 0. The predicted molar refractivity (Wildman–Crippen MR) is 67.1 cm³/mol. The normalized spacial score (nSPS) is 11.5. The van der Waals surface area contributed by atoms with Crippen molar-refractivity contribution in [2.75, 3.05) is 0 Å². The second-order valence-electron chi connectivity index (χ2n) is 4.38. The van der Waals surface area contributed by atoms with Gasteiger partial charge in [0.25, 0.3) is 10.1 Å². The van der Waals surface area contributed by atoms with Crippen molar-refractivity contribution in [3.05, 3.63) is 52.4 Å². The second-order valence-corrected chi connectivity index (χ2v) is 5.74. The average molecular weight is 423 g/mol. The smallest absolute Gasteiger partial charge is 0.282 e. The fourth-order valence-corrected chi connectivity index (χ4v) is 2.67. The van der Waals surface area contributed by atoms with Crippen LogP contribution in [0.1, 0.15) is 0 Å². The summed E-state index contributed by atoms with van der Waals surface area (Å²) in [5.74, 6) is -25.2. The Kier molecular flexibility index (Phi) is 6.09. The van der Waals surface area contributed by atoms with Crippen LogP contribution in [0.4, 0.5) is 39.5 Å². The van der Waals surface area contributed by atoms with Crippen LogP contribution in [0.15, 0.2) is 4.90 Å². The highest BCUT2D eigenvalue weighted by molar-refractivity contribution is 7.86. The lowest BCUT2D eigenvalue weighted by Crippen LogP contribution is -2.14. The van der Waals surface area contributed by atoms with E-state index in [1.54, 1.807) is 0 Å². The molecule has 0 heterocycles. The number of hydrogen-bond donors (Lipinski definition) is 1. The molecule has 2 rings (SSSR count). The minimum absolute atomic E-state index is 0. The lowest BCUT2D eigenvalue weighted by atomic mass is 10.0. The first kappa shape index (κ1) is 22.3. The Morgan fingerprint density at radius 1 is 0.500 bits per heavy atom. The van der Waals surface area contributed by atoms with Crippen LogP contribution in [0.25, 0.3) is 11.1 Å². The quantitative estimate of drug-likeness (QED) is 0.265. The fourth-order valence-electron chi connectivity index (χ4n) is 1.90. The summed E-state index contributed by atoms with van der Waals surface area (Å²) in [4.78, 5) is -2.55.